The van der Waals surface area contributed by atoms with Crippen LogP contribution in [-0.4, -0.2) is 70.2 Å². The van der Waals surface area contributed by atoms with Crippen LogP contribution in [0.5, 0.6) is 0 Å². The molecule has 6 rings (SSSR count). The standard InChI is InChI=1S/C26H29BN7O3/c1-16-12-31(13-17(2)37-16)24-10-8-22-26(19-4-6-20(7-5-19)28-18(3)36)23-9-11-25(34(23)27-33(22)24)32-14-21(15-35)29-30-32/h4-11,14,16-17,29-30,35H,12-13,15H2,1-3H3/p+1. The maximum atomic E-state index is 11.5. The highest BCUT2D eigenvalue weighted by Gasteiger charge is 2.41. The van der Waals surface area contributed by atoms with Crippen molar-refractivity contribution in [3.63, 3.8) is 0 Å². The molecule has 4 aliphatic heterocycles. The van der Waals surface area contributed by atoms with Crippen molar-refractivity contribution in [1.29, 1.82) is 0 Å². The van der Waals surface area contributed by atoms with Gasteiger partial charge in [0.25, 0.3) is 5.84 Å². The van der Waals surface area contributed by atoms with Gasteiger partial charge in [-0.05, 0) is 49.8 Å². The van der Waals surface area contributed by atoms with Gasteiger partial charge in [0.2, 0.25) is 5.91 Å². The number of hydrazine groups is 2. The van der Waals surface area contributed by atoms with Crippen LogP contribution in [0, 0.1) is 0 Å². The fourth-order valence-electron chi connectivity index (χ4n) is 5.37. The highest BCUT2D eigenvalue weighted by Crippen LogP contribution is 2.38. The van der Waals surface area contributed by atoms with E-state index >= 15 is 0 Å². The maximum absolute atomic E-state index is 11.5. The first-order chi connectivity index (χ1) is 17.9. The topological polar surface area (TPSA) is 97.0 Å². The summed E-state index contributed by atoms with van der Waals surface area (Å²) in [5.74, 6) is 1.90. The molecule has 2 aromatic rings. The van der Waals surface area contributed by atoms with Crippen molar-refractivity contribution in [2.24, 2.45) is 0 Å². The van der Waals surface area contributed by atoms with Crippen LogP contribution in [-0.2, 0) is 9.53 Å². The van der Waals surface area contributed by atoms with Gasteiger partial charge in [0.05, 0.1) is 24.5 Å². The molecule has 0 spiro atoms. The van der Waals surface area contributed by atoms with E-state index in [-0.39, 0.29) is 24.7 Å². The predicted octanol–water partition coefficient (Wildman–Crippen LogP) is 1.35. The van der Waals surface area contributed by atoms with Crippen molar-refractivity contribution < 1.29 is 19.2 Å². The average molecular weight is 499 g/mol. The zero-order valence-corrected chi connectivity index (χ0v) is 21.1. The quantitative estimate of drug-likeness (QED) is 0.373. The van der Waals surface area contributed by atoms with Crippen LogP contribution in [0.25, 0.3) is 5.57 Å². The molecule has 2 unspecified atom stereocenters. The van der Waals surface area contributed by atoms with E-state index in [9.17, 15) is 9.90 Å². The van der Waals surface area contributed by atoms with Crippen molar-refractivity contribution >= 4 is 36.4 Å². The summed E-state index contributed by atoms with van der Waals surface area (Å²) in [5.41, 5.74) is 11.8. The van der Waals surface area contributed by atoms with Gasteiger partial charge < -0.3 is 25.1 Å². The molecule has 1 fully saturated rings. The average Bonchev–Trinajstić information content (AvgIpc) is 3.60. The second kappa shape index (κ2) is 9.26. The van der Waals surface area contributed by atoms with Crippen LogP contribution < -0.4 is 21.3 Å². The van der Waals surface area contributed by atoms with Crippen LogP contribution in [0.4, 0.5) is 11.5 Å². The molecule has 0 saturated carbocycles. The second-order valence-corrected chi connectivity index (χ2v) is 9.72. The third-order valence-electron chi connectivity index (χ3n) is 6.81. The van der Waals surface area contributed by atoms with Crippen molar-refractivity contribution in [3.8, 4) is 0 Å². The summed E-state index contributed by atoms with van der Waals surface area (Å²) < 4.78 is 10.5. The Hall–Kier alpha value is -3.80. The monoisotopic (exact) mass is 499 g/mol. The van der Waals surface area contributed by atoms with E-state index in [0.717, 1.165) is 53.0 Å². The number of aliphatic hydroxyl groups excluding tert-OH is 1. The lowest BCUT2D eigenvalue weighted by Gasteiger charge is -2.31. The summed E-state index contributed by atoms with van der Waals surface area (Å²) in [5, 5.41) is 14.3. The number of nitrogens with zero attached hydrogens (tertiary/aromatic N) is 4. The van der Waals surface area contributed by atoms with E-state index in [1.165, 1.54) is 6.92 Å². The highest BCUT2D eigenvalue weighted by molar-refractivity contribution is 6.41. The lowest BCUT2D eigenvalue weighted by atomic mass is 9.91. The first kappa shape index (κ1) is 23.6. The van der Waals surface area contributed by atoms with Gasteiger partial charge >= 0.3 is 7.55 Å². The number of carbonyl (C=O) groups excluding carboxylic acids is 1. The van der Waals surface area contributed by atoms with Gasteiger partial charge in [-0.2, -0.15) is 0 Å². The number of benzene rings is 1. The Morgan fingerprint density at radius 1 is 1.16 bits per heavy atom. The molecule has 4 aliphatic rings. The zero-order valence-electron chi connectivity index (χ0n) is 21.1. The first-order valence-corrected chi connectivity index (χ1v) is 12.5. The molecule has 4 N–H and O–H groups in total. The number of amidine groups is 1. The Kier molecular flexibility index (Phi) is 5.90. The number of anilines is 2. The minimum atomic E-state index is -0.0966. The molecule has 10 nitrogen and oxygen atoms in total. The SMILES string of the molecule is CC(=O)Nc1ccc(C2=C3C=CC(=[N+]4CC(C)OC(C)C4)N3[B]n3c2ccc3N2C=C(CO)NN2)cc1. The Morgan fingerprint density at radius 2 is 1.92 bits per heavy atom. The van der Waals surface area contributed by atoms with E-state index in [1.807, 2.05) is 41.5 Å². The summed E-state index contributed by atoms with van der Waals surface area (Å²) in [6, 6.07) is 12.1. The molecule has 0 bridgehead atoms. The number of rotatable bonds is 4. The second-order valence-electron chi connectivity index (χ2n) is 9.72. The summed E-state index contributed by atoms with van der Waals surface area (Å²) in [6.07, 6.45) is 6.47. The van der Waals surface area contributed by atoms with Crippen molar-refractivity contribution in [2.45, 2.75) is 33.0 Å². The molecular formula is C26H30BN7O3+. The van der Waals surface area contributed by atoms with Crippen LogP contribution >= 0.6 is 0 Å². The number of fused-ring (bicyclic) bond motifs is 2. The van der Waals surface area contributed by atoms with Gasteiger partial charge in [-0.3, -0.25) is 14.2 Å². The van der Waals surface area contributed by atoms with Crippen molar-refractivity contribution in [1.82, 2.24) is 20.2 Å². The van der Waals surface area contributed by atoms with Gasteiger partial charge in [-0.25, -0.2) is 5.01 Å². The highest BCUT2D eigenvalue weighted by atomic mass is 16.5. The van der Waals surface area contributed by atoms with Crippen LogP contribution in [0.15, 0.2) is 66.1 Å². The number of amides is 1. The lowest BCUT2D eigenvalue weighted by Crippen LogP contribution is -2.48. The molecule has 1 amide bonds. The van der Waals surface area contributed by atoms with E-state index in [0.29, 0.717) is 5.70 Å². The van der Waals surface area contributed by atoms with Gasteiger partial charge in [-0.15, -0.1) is 5.53 Å². The van der Waals surface area contributed by atoms with Crippen molar-refractivity contribution in [3.05, 3.63) is 77.4 Å². The number of ether oxygens (including phenoxy) is 1. The third-order valence-corrected chi connectivity index (χ3v) is 6.81. The zero-order chi connectivity index (χ0) is 25.7. The first-order valence-electron chi connectivity index (χ1n) is 12.5. The summed E-state index contributed by atoms with van der Waals surface area (Å²) >= 11 is 0. The molecule has 37 heavy (non-hydrogen) atoms. The normalized spacial score (nSPS) is 22.5. The number of morpholine rings is 1. The smallest absolute Gasteiger partial charge is 0.390 e. The molecule has 189 valence electrons. The fraction of sp³-hybridized carbons (Fsp3) is 0.308. The Morgan fingerprint density at radius 3 is 2.59 bits per heavy atom. The number of hydrogen-bond acceptors (Lipinski definition) is 6. The van der Waals surface area contributed by atoms with Gasteiger partial charge in [0.1, 0.15) is 24.6 Å². The van der Waals surface area contributed by atoms with Gasteiger partial charge in [0.15, 0.2) is 0 Å². The molecular weight excluding hydrogens is 469 g/mol. The number of hydrogen-bond donors (Lipinski definition) is 4. The third kappa shape index (κ3) is 4.24. The summed E-state index contributed by atoms with van der Waals surface area (Å²) in [4.78, 5) is 13.8. The number of carbonyl (C=O) groups is 1. The van der Waals surface area contributed by atoms with Crippen molar-refractivity contribution in [2.75, 3.05) is 30.0 Å². The molecule has 11 heteroatoms. The summed E-state index contributed by atoms with van der Waals surface area (Å²) in [6.45, 7) is 7.27. The van der Waals surface area contributed by atoms with Crippen LogP contribution in [0.3, 0.4) is 0 Å². The molecule has 5 heterocycles. The van der Waals surface area contributed by atoms with Crippen LogP contribution in [0.2, 0.25) is 0 Å². The number of aromatic nitrogens is 1. The van der Waals surface area contributed by atoms with E-state index < -0.39 is 0 Å². The number of allylic oxidation sites excluding steroid dienone is 1. The Bertz CT molecular complexity index is 1360. The molecule has 1 radical (unpaired) electrons. The Labute approximate surface area is 216 Å². The van der Waals surface area contributed by atoms with E-state index in [4.69, 9.17) is 4.74 Å². The van der Waals surface area contributed by atoms with Crippen LogP contribution in [0.1, 0.15) is 32.0 Å². The van der Waals surface area contributed by atoms with Gasteiger partial charge in [-0.1, -0.05) is 12.1 Å². The molecule has 0 aliphatic carbocycles. The number of nitrogens with one attached hydrogen (secondary N) is 3. The fourth-order valence-corrected chi connectivity index (χ4v) is 5.37. The molecule has 2 atom stereocenters. The number of aliphatic hydroxyl groups is 1. The molecule has 1 aromatic heterocycles. The molecule has 1 aromatic carbocycles. The van der Waals surface area contributed by atoms with E-state index in [2.05, 4.69) is 69.8 Å². The van der Waals surface area contributed by atoms with Gasteiger partial charge in [0, 0.05) is 36.2 Å². The summed E-state index contributed by atoms with van der Waals surface area (Å²) in [7, 11) is 2.11. The minimum Gasteiger partial charge on any atom is -0.390 e. The van der Waals surface area contributed by atoms with E-state index in [1.54, 1.807) is 0 Å². The predicted molar refractivity (Wildman–Crippen MR) is 142 cm³/mol. The Balaban J connectivity index is 1.46. The molecule has 1 saturated heterocycles. The lowest BCUT2D eigenvalue weighted by molar-refractivity contribution is -0.568. The largest absolute Gasteiger partial charge is 0.553 e. The maximum Gasteiger partial charge on any atom is 0.553 e. The minimum absolute atomic E-state index is 0.0852.